The predicted molar refractivity (Wildman–Crippen MR) is 123 cm³/mol. The van der Waals surface area contributed by atoms with Gasteiger partial charge in [0.25, 0.3) is 5.91 Å². The summed E-state index contributed by atoms with van der Waals surface area (Å²) >= 11 is 0. The van der Waals surface area contributed by atoms with E-state index >= 15 is 0 Å². The Bertz CT molecular complexity index is 710. The number of carbonyl (C=O) groups excluding carboxylic acids is 1. The molecular weight excluding hydrogens is 386 g/mol. The fraction of sp³-hybridized carbons (Fsp3) is 0.760. The summed E-state index contributed by atoms with van der Waals surface area (Å²) in [6.07, 6.45) is 13.9. The highest BCUT2D eigenvalue weighted by Crippen LogP contribution is 2.35. The zero-order valence-corrected chi connectivity index (χ0v) is 18.9. The maximum atomic E-state index is 12.8. The van der Waals surface area contributed by atoms with Crippen molar-refractivity contribution in [2.45, 2.75) is 76.0 Å². The molecule has 170 valence electrons. The van der Waals surface area contributed by atoms with Crippen LogP contribution in [-0.2, 0) is 0 Å². The van der Waals surface area contributed by atoms with Crippen molar-refractivity contribution in [3.05, 3.63) is 30.1 Å². The van der Waals surface area contributed by atoms with E-state index in [1.165, 1.54) is 77.4 Å². The van der Waals surface area contributed by atoms with E-state index in [2.05, 4.69) is 25.0 Å². The molecule has 4 fully saturated rings. The van der Waals surface area contributed by atoms with Gasteiger partial charge in [0.15, 0.2) is 0 Å². The summed E-state index contributed by atoms with van der Waals surface area (Å²) in [6, 6.07) is 7.18. The molecule has 2 aliphatic carbocycles. The molecule has 1 aromatic heterocycles. The number of hydrogen-bond acceptors (Lipinski definition) is 5. The summed E-state index contributed by atoms with van der Waals surface area (Å²) < 4.78 is 0. The van der Waals surface area contributed by atoms with E-state index in [0.717, 1.165) is 31.7 Å². The molecule has 1 N–H and O–H groups in total. The number of nitrogens with one attached hydrogen (secondary N) is 1. The summed E-state index contributed by atoms with van der Waals surface area (Å²) in [7, 11) is 0. The van der Waals surface area contributed by atoms with Crippen molar-refractivity contribution < 1.29 is 4.79 Å². The smallest absolute Gasteiger partial charge is 0.271 e. The maximum Gasteiger partial charge on any atom is 0.271 e. The van der Waals surface area contributed by atoms with Gasteiger partial charge in [-0.25, -0.2) is 0 Å². The number of piperidine rings is 1. The van der Waals surface area contributed by atoms with E-state index in [1.54, 1.807) is 12.3 Å². The predicted octanol–water partition coefficient (Wildman–Crippen LogP) is 2.96. The Morgan fingerprint density at radius 2 is 1.58 bits per heavy atom. The molecule has 6 heteroatoms. The molecule has 3 heterocycles. The number of likely N-dealkylation sites (tertiary alicyclic amines) is 1. The van der Waals surface area contributed by atoms with Gasteiger partial charge in [0.05, 0.1) is 6.17 Å². The second kappa shape index (κ2) is 9.97. The molecule has 1 unspecified atom stereocenters. The third-order valence-electron chi connectivity index (χ3n) is 8.06. The largest absolute Gasteiger partial charge is 0.335 e. The molecule has 2 aliphatic heterocycles. The highest BCUT2D eigenvalue weighted by atomic mass is 16.2. The van der Waals surface area contributed by atoms with Crippen LogP contribution in [0.3, 0.4) is 0 Å². The number of amides is 1. The number of carbonyl (C=O) groups is 1. The Morgan fingerprint density at radius 1 is 0.839 bits per heavy atom. The molecule has 1 amide bonds. The fourth-order valence-electron chi connectivity index (χ4n) is 6.11. The van der Waals surface area contributed by atoms with Crippen LogP contribution in [0, 0.1) is 5.92 Å². The zero-order chi connectivity index (χ0) is 21.0. The summed E-state index contributed by atoms with van der Waals surface area (Å²) in [4.78, 5) is 25.1. The Labute approximate surface area is 187 Å². The van der Waals surface area contributed by atoms with Crippen molar-refractivity contribution in [2.75, 3.05) is 39.3 Å². The van der Waals surface area contributed by atoms with Crippen molar-refractivity contribution in [1.82, 2.24) is 25.0 Å². The van der Waals surface area contributed by atoms with Crippen molar-refractivity contribution in [3.8, 4) is 0 Å². The first-order chi connectivity index (χ1) is 15.3. The van der Waals surface area contributed by atoms with E-state index in [4.69, 9.17) is 0 Å². The fourth-order valence-corrected chi connectivity index (χ4v) is 6.11. The van der Waals surface area contributed by atoms with Gasteiger partial charge in [0.2, 0.25) is 0 Å². The van der Waals surface area contributed by atoms with Crippen molar-refractivity contribution in [3.63, 3.8) is 0 Å². The molecule has 2 saturated carbocycles. The second-order valence-corrected chi connectivity index (χ2v) is 10.1. The lowest BCUT2D eigenvalue weighted by Crippen LogP contribution is -2.52. The van der Waals surface area contributed by atoms with E-state index in [0.29, 0.717) is 11.6 Å². The molecule has 0 radical (unpaired) electrons. The van der Waals surface area contributed by atoms with Crippen LogP contribution in [0.1, 0.15) is 68.3 Å². The number of hydrogen-bond donors (Lipinski definition) is 1. The molecule has 5 rings (SSSR count). The third-order valence-corrected chi connectivity index (χ3v) is 8.06. The van der Waals surface area contributed by atoms with Gasteiger partial charge >= 0.3 is 0 Å². The number of rotatable bonds is 6. The Morgan fingerprint density at radius 3 is 2.29 bits per heavy atom. The van der Waals surface area contributed by atoms with Gasteiger partial charge in [-0.1, -0.05) is 18.9 Å². The van der Waals surface area contributed by atoms with Crippen LogP contribution in [0.5, 0.6) is 0 Å². The van der Waals surface area contributed by atoms with Crippen LogP contribution < -0.4 is 5.32 Å². The molecule has 0 aromatic carbocycles. The molecule has 0 bridgehead atoms. The minimum Gasteiger partial charge on any atom is -0.335 e. The van der Waals surface area contributed by atoms with Gasteiger partial charge in [0, 0.05) is 37.9 Å². The monoisotopic (exact) mass is 425 g/mol. The lowest BCUT2D eigenvalue weighted by Gasteiger charge is -2.40. The Balaban J connectivity index is 1.14. The van der Waals surface area contributed by atoms with Crippen LogP contribution >= 0.6 is 0 Å². The van der Waals surface area contributed by atoms with E-state index in [-0.39, 0.29) is 12.1 Å². The van der Waals surface area contributed by atoms with E-state index < -0.39 is 0 Å². The van der Waals surface area contributed by atoms with Crippen molar-refractivity contribution in [1.29, 1.82) is 0 Å². The van der Waals surface area contributed by atoms with Gasteiger partial charge in [-0.05, 0) is 82.6 Å². The molecule has 6 nitrogen and oxygen atoms in total. The molecule has 4 aliphatic rings. The van der Waals surface area contributed by atoms with Crippen molar-refractivity contribution in [2.24, 2.45) is 5.92 Å². The summed E-state index contributed by atoms with van der Waals surface area (Å²) in [5.41, 5.74) is 0.527. The van der Waals surface area contributed by atoms with Crippen LogP contribution in [0.15, 0.2) is 24.4 Å². The molecular formula is C25H39N5O. The third kappa shape index (κ3) is 5.29. The first-order valence-electron chi connectivity index (χ1n) is 12.7. The van der Waals surface area contributed by atoms with Gasteiger partial charge in [-0.3, -0.25) is 19.6 Å². The highest BCUT2D eigenvalue weighted by molar-refractivity contribution is 5.92. The second-order valence-electron chi connectivity index (χ2n) is 10.1. The van der Waals surface area contributed by atoms with Gasteiger partial charge in [-0.2, -0.15) is 0 Å². The number of pyridine rings is 1. The molecule has 0 spiro atoms. The first-order valence-corrected chi connectivity index (χ1v) is 12.7. The zero-order valence-electron chi connectivity index (χ0n) is 18.9. The van der Waals surface area contributed by atoms with Crippen LogP contribution in [0.4, 0.5) is 0 Å². The maximum absolute atomic E-state index is 12.8. The van der Waals surface area contributed by atoms with Crippen LogP contribution in [0.2, 0.25) is 0 Å². The Kier molecular flexibility index (Phi) is 6.87. The minimum atomic E-state index is -0.0297. The number of nitrogens with zero attached hydrogens (tertiary/aromatic N) is 4. The standard InChI is InChI=1S/C25H39N5O/c31-25(23-8-3-4-13-26-23)27-24(20-9-10-20)30-15-5-14-28(18-19-30)22-11-16-29(17-12-22)21-6-1-2-7-21/h3-4,8,13,20-22,24H,1-2,5-7,9-12,14-19H2,(H,27,31). The van der Waals surface area contributed by atoms with E-state index in [9.17, 15) is 4.79 Å². The SMILES string of the molecule is O=C(NC(C1CC1)N1CCCN(C2CCN(C3CCCC3)CC2)CC1)c1ccccn1. The summed E-state index contributed by atoms with van der Waals surface area (Å²) in [6.45, 7) is 7.07. The summed E-state index contributed by atoms with van der Waals surface area (Å²) in [5.74, 6) is 0.576. The normalized spacial score (nSPS) is 26.6. The molecule has 2 saturated heterocycles. The van der Waals surface area contributed by atoms with Crippen LogP contribution in [-0.4, -0.2) is 83.1 Å². The van der Waals surface area contributed by atoms with Gasteiger partial charge < -0.3 is 10.2 Å². The van der Waals surface area contributed by atoms with Crippen LogP contribution in [0.25, 0.3) is 0 Å². The van der Waals surface area contributed by atoms with Gasteiger partial charge in [0.1, 0.15) is 5.69 Å². The van der Waals surface area contributed by atoms with Crippen molar-refractivity contribution >= 4 is 5.91 Å². The quantitative estimate of drug-likeness (QED) is 0.759. The molecule has 1 aromatic rings. The highest BCUT2D eigenvalue weighted by Gasteiger charge is 2.38. The summed E-state index contributed by atoms with van der Waals surface area (Å²) in [5, 5.41) is 3.32. The first kappa shape index (κ1) is 21.4. The molecule has 1 atom stereocenters. The average Bonchev–Trinajstić information content (AvgIpc) is 3.57. The minimum absolute atomic E-state index is 0.0297. The lowest BCUT2D eigenvalue weighted by molar-refractivity contribution is 0.0761. The Hall–Kier alpha value is -1.50. The topological polar surface area (TPSA) is 51.7 Å². The van der Waals surface area contributed by atoms with E-state index in [1.807, 2.05) is 12.1 Å². The number of aromatic nitrogens is 1. The van der Waals surface area contributed by atoms with Gasteiger partial charge in [-0.15, -0.1) is 0 Å². The average molecular weight is 426 g/mol. The molecule has 31 heavy (non-hydrogen) atoms. The lowest BCUT2D eigenvalue weighted by atomic mass is 10.0.